The van der Waals surface area contributed by atoms with E-state index in [-0.39, 0.29) is 5.56 Å². The molecule has 2 rings (SSSR count). The van der Waals surface area contributed by atoms with E-state index in [0.717, 1.165) is 9.79 Å². The van der Waals surface area contributed by atoms with Gasteiger partial charge in [0.15, 0.2) is 0 Å². The van der Waals surface area contributed by atoms with Crippen molar-refractivity contribution in [2.24, 2.45) is 0 Å². The number of ketones is 1. The van der Waals surface area contributed by atoms with Crippen LogP contribution in [0.2, 0.25) is 0 Å². The summed E-state index contributed by atoms with van der Waals surface area (Å²) in [4.78, 5) is 23.8. The van der Waals surface area contributed by atoms with Crippen LogP contribution in [0.1, 0.15) is 10.4 Å². The highest BCUT2D eigenvalue weighted by molar-refractivity contribution is 7.99. The summed E-state index contributed by atoms with van der Waals surface area (Å²) in [6.07, 6.45) is 0. The molecule has 0 atom stereocenters. The predicted molar refractivity (Wildman–Crippen MR) is 69.0 cm³/mol. The second kappa shape index (κ2) is 5.51. The molecule has 0 bridgehead atoms. The molecule has 4 heteroatoms. The smallest absolute Gasteiger partial charge is 0.377 e. The molecule has 0 unspecified atom stereocenters. The molecule has 2 aromatic rings. The van der Waals surface area contributed by atoms with E-state index >= 15 is 0 Å². The summed E-state index contributed by atoms with van der Waals surface area (Å²) in [6, 6.07) is 16.4. The van der Waals surface area contributed by atoms with Crippen LogP contribution in [0.4, 0.5) is 0 Å². The normalized spacial score (nSPS) is 10.0. The Kier molecular flexibility index (Phi) is 3.79. The van der Waals surface area contributed by atoms with Crippen LogP contribution < -0.4 is 0 Å². The van der Waals surface area contributed by atoms with Gasteiger partial charge >= 0.3 is 5.97 Å². The Bertz CT molecular complexity index is 561. The molecule has 2 aromatic carbocycles. The summed E-state index contributed by atoms with van der Waals surface area (Å²) in [6.45, 7) is 0. The maximum Gasteiger partial charge on any atom is 0.377 e. The van der Waals surface area contributed by atoms with Crippen molar-refractivity contribution < 1.29 is 14.7 Å². The Hall–Kier alpha value is -2.07. The molecule has 90 valence electrons. The summed E-state index contributed by atoms with van der Waals surface area (Å²) in [5.41, 5.74) is 0.194. The highest BCUT2D eigenvalue weighted by Crippen LogP contribution is 2.27. The highest BCUT2D eigenvalue weighted by atomic mass is 32.2. The molecule has 18 heavy (non-hydrogen) atoms. The topological polar surface area (TPSA) is 54.4 Å². The van der Waals surface area contributed by atoms with Crippen LogP contribution in [-0.4, -0.2) is 16.9 Å². The minimum atomic E-state index is -1.43. The van der Waals surface area contributed by atoms with Gasteiger partial charge in [0.2, 0.25) is 0 Å². The van der Waals surface area contributed by atoms with E-state index in [2.05, 4.69) is 0 Å². The molecule has 0 spiro atoms. The van der Waals surface area contributed by atoms with E-state index in [0.29, 0.717) is 0 Å². The molecule has 1 N–H and O–H groups in total. The van der Waals surface area contributed by atoms with Crippen LogP contribution >= 0.6 is 11.8 Å². The number of Topliss-reactive ketones (excluding diaryl/α,β-unsaturated/α-hetero) is 1. The van der Waals surface area contributed by atoms with Crippen molar-refractivity contribution in [1.29, 1.82) is 0 Å². The zero-order chi connectivity index (χ0) is 13.0. The van der Waals surface area contributed by atoms with Crippen LogP contribution in [-0.2, 0) is 4.79 Å². The zero-order valence-electron chi connectivity index (χ0n) is 9.37. The third-order valence-corrected chi connectivity index (χ3v) is 3.31. The van der Waals surface area contributed by atoms with Gasteiger partial charge in [-0.2, -0.15) is 0 Å². The standard InChI is InChI=1S/C14H10O3S/c15-13(14(16)17)10-6-8-12(9-7-10)18-11-4-2-1-3-5-11/h1-9H,(H,16,17). The first kappa shape index (κ1) is 12.4. The Morgan fingerprint density at radius 3 is 1.94 bits per heavy atom. The number of carbonyl (C=O) groups excluding carboxylic acids is 1. The molecule has 0 saturated carbocycles. The number of aliphatic carboxylic acids is 1. The van der Waals surface area contributed by atoms with Gasteiger partial charge in [0.1, 0.15) is 0 Å². The molecular formula is C14H10O3S. The van der Waals surface area contributed by atoms with Crippen LogP contribution in [0.5, 0.6) is 0 Å². The van der Waals surface area contributed by atoms with Gasteiger partial charge in [-0.25, -0.2) is 4.79 Å². The fourth-order valence-corrected chi connectivity index (χ4v) is 2.26. The van der Waals surface area contributed by atoms with Gasteiger partial charge in [-0.05, 0) is 36.4 Å². The molecule has 0 fully saturated rings. The summed E-state index contributed by atoms with van der Waals surface area (Å²) in [7, 11) is 0. The van der Waals surface area contributed by atoms with E-state index in [1.165, 1.54) is 12.1 Å². The lowest BCUT2D eigenvalue weighted by Gasteiger charge is -2.02. The maximum atomic E-state index is 11.2. The van der Waals surface area contributed by atoms with Crippen molar-refractivity contribution in [1.82, 2.24) is 0 Å². The second-order valence-corrected chi connectivity index (χ2v) is 4.72. The largest absolute Gasteiger partial charge is 0.475 e. The summed E-state index contributed by atoms with van der Waals surface area (Å²) < 4.78 is 0. The monoisotopic (exact) mass is 258 g/mol. The third-order valence-electron chi connectivity index (χ3n) is 2.29. The lowest BCUT2D eigenvalue weighted by Crippen LogP contribution is -2.12. The van der Waals surface area contributed by atoms with Crippen molar-refractivity contribution in [3.63, 3.8) is 0 Å². The first-order chi connectivity index (χ1) is 8.66. The van der Waals surface area contributed by atoms with Gasteiger partial charge in [-0.1, -0.05) is 30.0 Å². The van der Waals surface area contributed by atoms with Crippen molar-refractivity contribution in [2.45, 2.75) is 9.79 Å². The van der Waals surface area contributed by atoms with Crippen molar-refractivity contribution in [2.75, 3.05) is 0 Å². The van der Waals surface area contributed by atoms with Crippen LogP contribution in [0.25, 0.3) is 0 Å². The molecule has 0 aliphatic rings. The Morgan fingerprint density at radius 1 is 0.833 bits per heavy atom. The molecular weight excluding hydrogens is 248 g/mol. The Balaban J connectivity index is 2.13. The Labute approximate surface area is 108 Å². The predicted octanol–water partition coefficient (Wildman–Crippen LogP) is 3.11. The number of hydrogen-bond donors (Lipinski definition) is 1. The van der Waals surface area contributed by atoms with Gasteiger partial charge in [-0.3, -0.25) is 4.79 Å². The fourth-order valence-electron chi connectivity index (χ4n) is 1.42. The van der Waals surface area contributed by atoms with E-state index in [9.17, 15) is 9.59 Å². The average Bonchev–Trinajstić information content (AvgIpc) is 2.40. The fraction of sp³-hybridized carbons (Fsp3) is 0. The first-order valence-corrected chi connectivity index (χ1v) is 6.09. The van der Waals surface area contributed by atoms with Gasteiger partial charge < -0.3 is 5.11 Å². The van der Waals surface area contributed by atoms with Gasteiger partial charge in [-0.15, -0.1) is 0 Å². The molecule has 0 aromatic heterocycles. The summed E-state index contributed by atoms with van der Waals surface area (Å²) in [5, 5.41) is 8.59. The molecule has 0 heterocycles. The Morgan fingerprint density at radius 2 is 1.39 bits per heavy atom. The second-order valence-electron chi connectivity index (χ2n) is 3.57. The van der Waals surface area contributed by atoms with Crippen molar-refractivity contribution in [3.05, 3.63) is 60.2 Å². The van der Waals surface area contributed by atoms with Crippen LogP contribution in [0, 0.1) is 0 Å². The minimum absolute atomic E-state index is 0.194. The number of carboxylic acids is 1. The third kappa shape index (κ3) is 2.99. The van der Waals surface area contributed by atoms with E-state index < -0.39 is 11.8 Å². The SMILES string of the molecule is O=C(O)C(=O)c1ccc(Sc2ccccc2)cc1. The number of carbonyl (C=O) groups is 2. The van der Waals surface area contributed by atoms with E-state index in [1.807, 2.05) is 30.3 Å². The first-order valence-electron chi connectivity index (χ1n) is 5.27. The number of rotatable bonds is 4. The number of carboxylic acid groups (broad SMARTS) is 1. The minimum Gasteiger partial charge on any atom is -0.475 e. The molecule has 0 saturated heterocycles. The lowest BCUT2D eigenvalue weighted by molar-refractivity contribution is -0.131. The van der Waals surface area contributed by atoms with Crippen molar-refractivity contribution in [3.8, 4) is 0 Å². The molecule has 0 aliphatic carbocycles. The number of benzene rings is 2. The zero-order valence-corrected chi connectivity index (χ0v) is 10.2. The summed E-state index contributed by atoms with van der Waals surface area (Å²) >= 11 is 1.56. The summed E-state index contributed by atoms with van der Waals surface area (Å²) in [5.74, 6) is -2.32. The van der Waals surface area contributed by atoms with Crippen LogP contribution in [0.15, 0.2) is 64.4 Å². The van der Waals surface area contributed by atoms with Crippen LogP contribution in [0.3, 0.4) is 0 Å². The lowest BCUT2D eigenvalue weighted by atomic mass is 10.1. The molecule has 0 radical (unpaired) electrons. The van der Waals surface area contributed by atoms with E-state index in [4.69, 9.17) is 5.11 Å². The van der Waals surface area contributed by atoms with E-state index in [1.54, 1.807) is 23.9 Å². The maximum absolute atomic E-state index is 11.2. The molecule has 3 nitrogen and oxygen atoms in total. The highest BCUT2D eigenvalue weighted by Gasteiger charge is 2.13. The number of hydrogen-bond acceptors (Lipinski definition) is 3. The quantitative estimate of drug-likeness (QED) is 0.676. The molecule has 0 aliphatic heterocycles. The molecule has 0 amide bonds. The average molecular weight is 258 g/mol. The van der Waals surface area contributed by atoms with Gasteiger partial charge in [0.05, 0.1) is 0 Å². The van der Waals surface area contributed by atoms with Crippen molar-refractivity contribution >= 4 is 23.5 Å². The van der Waals surface area contributed by atoms with Gasteiger partial charge in [0, 0.05) is 15.4 Å². The van der Waals surface area contributed by atoms with Gasteiger partial charge in [0.25, 0.3) is 5.78 Å².